The van der Waals surface area contributed by atoms with E-state index in [1.165, 1.54) is 0 Å². The minimum absolute atomic E-state index is 0. The summed E-state index contributed by atoms with van der Waals surface area (Å²) in [5.41, 5.74) is 0. The maximum atomic E-state index is 0. The van der Waals surface area contributed by atoms with Crippen molar-refractivity contribution in [2.24, 2.45) is 0 Å². The average molecular weight is 511 g/mol. The molecule has 5 heavy (non-hydrogen) atoms. The van der Waals surface area contributed by atoms with Crippen molar-refractivity contribution in [1.29, 1.82) is 0 Å². The van der Waals surface area contributed by atoms with Crippen molar-refractivity contribution < 1.29 is 53.9 Å². The first-order valence-corrected chi connectivity index (χ1v) is 0. The summed E-state index contributed by atoms with van der Waals surface area (Å²) in [7, 11) is 0. The van der Waals surface area contributed by atoms with Gasteiger partial charge in [-0.3, -0.25) is 0 Å². The molecule has 0 bridgehead atoms. The fourth-order valence-electron chi connectivity index (χ4n) is 0. The van der Waals surface area contributed by atoms with Crippen LogP contribution in [-0.2, 0) is 53.9 Å². The Labute approximate surface area is 103 Å². The Kier molecular flexibility index (Phi) is 209. The molecule has 0 spiro atoms. The van der Waals surface area contributed by atoms with E-state index in [1.807, 2.05) is 0 Å². The first-order valence-electron chi connectivity index (χ1n) is 0. The SMILES string of the molecule is [Cr].[Cu].[PbH2].[SnH2].[Zn]. The topological polar surface area (TPSA) is 0 Å². The van der Waals surface area contributed by atoms with E-state index in [2.05, 4.69) is 0 Å². The zero-order valence-electron chi connectivity index (χ0n) is 2.83. The largest absolute Gasteiger partial charge is 0 e. The Morgan fingerprint density at radius 2 is 1.00 bits per heavy atom. The van der Waals surface area contributed by atoms with Crippen LogP contribution >= 0.6 is 0 Å². The molecule has 0 aliphatic rings. The summed E-state index contributed by atoms with van der Waals surface area (Å²) in [6.45, 7) is 0. The summed E-state index contributed by atoms with van der Waals surface area (Å²) < 4.78 is 0. The smallest absolute Gasteiger partial charge is 0 e. The van der Waals surface area contributed by atoms with Gasteiger partial charge in [-0.15, -0.1) is 0 Å². The Hall–Kier alpha value is 3.40. The van der Waals surface area contributed by atoms with Crippen LogP contribution in [0.2, 0.25) is 0 Å². The van der Waals surface area contributed by atoms with Gasteiger partial charge in [0.15, 0.2) is 0 Å². The van der Waals surface area contributed by atoms with Crippen LogP contribution < -0.4 is 0 Å². The minimum Gasteiger partial charge on any atom is 0 e. The van der Waals surface area contributed by atoms with Crippen LogP contribution in [0.5, 0.6) is 0 Å². The van der Waals surface area contributed by atoms with E-state index in [4.69, 9.17) is 0 Å². The molecule has 5 heteroatoms. The van der Waals surface area contributed by atoms with Crippen molar-refractivity contribution >= 4 is 51.2 Å². The van der Waals surface area contributed by atoms with E-state index in [1.54, 1.807) is 0 Å². The van der Waals surface area contributed by atoms with Gasteiger partial charge < -0.3 is 0 Å². The number of rotatable bonds is 0. The molecule has 0 saturated heterocycles. The van der Waals surface area contributed by atoms with Crippen LogP contribution in [0.3, 0.4) is 0 Å². The van der Waals surface area contributed by atoms with Gasteiger partial charge in [-0.2, -0.15) is 0 Å². The monoisotopic (exact) mass is 511 g/mol. The quantitative estimate of drug-likeness (QED) is 0.336. The second-order valence-corrected chi connectivity index (χ2v) is 0. The van der Waals surface area contributed by atoms with Gasteiger partial charge >= 0.3 is 51.2 Å². The molecule has 0 N–H and O–H groups in total. The molecular formula is H4CrCuPbSnZn. The predicted octanol–water partition coefficient (Wildman–Crippen LogP) is -1.84. The molecule has 0 aromatic carbocycles. The molecule has 0 nitrogen and oxygen atoms in total. The van der Waals surface area contributed by atoms with Crippen molar-refractivity contribution in [2.45, 2.75) is 0 Å². The third-order valence-electron chi connectivity index (χ3n) is 0. The van der Waals surface area contributed by atoms with Crippen molar-refractivity contribution in [3.8, 4) is 0 Å². The zero-order valence-corrected chi connectivity index (χ0v) is 17.5. The second kappa shape index (κ2) is 26.2. The maximum Gasteiger partial charge on any atom is 0 e. The predicted molar refractivity (Wildman–Crippen MR) is 17.1 cm³/mol. The molecule has 0 atom stereocenters. The van der Waals surface area contributed by atoms with Gasteiger partial charge in [0.1, 0.15) is 0 Å². The van der Waals surface area contributed by atoms with Gasteiger partial charge in [0.25, 0.3) is 0 Å². The van der Waals surface area contributed by atoms with Gasteiger partial charge in [0, 0.05) is 53.9 Å². The van der Waals surface area contributed by atoms with Gasteiger partial charge in [-0.25, -0.2) is 0 Å². The van der Waals surface area contributed by atoms with Crippen LogP contribution in [0.1, 0.15) is 0 Å². The molecule has 0 aliphatic heterocycles. The van der Waals surface area contributed by atoms with Gasteiger partial charge in [0.05, 0.1) is 0 Å². The van der Waals surface area contributed by atoms with Crippen molar-refractivity contribution in [1.82, 2.24) is 0 Å². The molecule has 0 fully saturated rings. The van der Waals surface area contributed by atoms with Crippen LogP contribution in [0.25, 0.3) is 0 Å². The molecular weight excluding hydrogens is 507 g/mol. The molecule has 0 saturated carbocycles. The third-order valence-corrected chi connectivity index (χ3v) is 0. The van der Waals surface area contributed by atoms with E-state index >= 15 is 0 Å². The normalized spacial score (nSPS) is 0. The molecule has 0 amide bonds. The van der Waals surface area contributed by atoms with Crippen LogP contribution in [-0.4, -0.2) is 51.2 Å². The van der Waals surface area contributed by atoms with Gasteiger partial charge in [-0.1, -0.05) is 0 Å². The Morgan fingerprint density at radius 1 is 1.00 bits per heavy atom. The summed E-state index contributed by atoms with van der Waals surface area (Å²) >= 11 is 0. The fraction of sp³-hybridized carbons (Fsp3) is 0. The first kappa shape index (κ1) is 39.8. The maximum absolute atomic E-state index is 0. The van der Waals surface area contributed by atoms with Crippen molar-refractivity contribution in [3.05, 3.63) is 0 Å². The number of hydrogen-bond donors (Lipinski definition) is 0. The molecule has 5 radical (unpaired) electrons. The van der Waals surface area contributed by atoms with E-state index in [0.717, 1.165) is 0 Å². The molecule has 31 valence electrons. The van der Waals surface area contributed by atoms with E-state index in [0.29, 0.717) is 0 Å². The Bertz CT molecular complexity index is 11.6. The molecule has 0 unspecified atom stereocenters. The molecule has 0 aromatic heterocycles. The van der Waals surface area contributed by atoms with Crippen LogP contribution in [0.15, 0.2) is 0 Å². The molecule has 0 rings (SSSR count). The number of hydrogen-bond acceptors (Lipinski definition) is 0. The van der Waals surface area contributed by atoms with E-state index < -0.39 is 0 Å². The van der Waals surface area contributed by atoms with Crippen LogP contribution in [0.4, 0.5) is 0 Å². The summed E-state index contributed by atoms with van der Waals surface area (Å²) in [6, 6.07) is 0. The molecule has 0 aliphatic carbocycles. The Morgan fingerprint density at radius 3 is 1.00 bits per heavy atom. The Balaban J connectivity index is 0. The zero-order chi connectivity index (χ0) is 0. The molecule has 0 aromatic rings. The van der Waals surface area contributed by atoms with Gasteiger partial charge in [0.2, 0.25) is 0 Å². The average Bonchev–Trinajstić information content (AvgIpc) is 0. The summed E-state index contributed by atoms with van der Waals surface area (Å²) in [4.78, 5) is 0. The fourth-order valence-corrected chi connectivity index (χ4v) is 0. The first-order chi connectivity index (χ1) is 0. The van der Waals surface area contributed by atoms with Gasteiger partial charge in [-0.05, 0) is 0 Å². The van der Waals surface area contributed by atoms with Crippen molar-refractivity contribution in [2.75, 3.05) is 0 Å². The summed E-state index contributed by atoms with van der Waals surface area (Å²) in [6.07, 6.45) is 0. The third kappa shape index (κ3) is 18.7. The van der Waals surface area contributed by atoms with E-state index in [9.17, 15) is 0 Å². The minimum atomic E-state index is 0. The summed E-state index contributed by atoms with van der Waals surface area (Å²) in [5, 5.41) is 0. The second-order valence-electron chi connectivity index (χ2n) is 0. The molecule has 0 heterocycles. The standard InChI is InChI=1S/Cr.Cu.Pb.Sn.Zn.4H. The van der Waals surface area contributed by atoms with Crippen molar-refractivity contribution in [3.63, 3.8) is 0 Å². The summed E-state index contributed by atoms with van der Waals surface area (Å²) in [5.74, 6) is 0. The van der Waals surface area contributed by atoms with E-state index in [-0.39, 0.29) is 105 Å². The van der Waals surface area contributed by atoms with Crippen LogP contribution in [0, 0.1) is 0 Å².